The van der Waals surface area contributed by atoms with Crippen LogP contribution < -0.4 is 10.1 Å². The first-order valence-electron chi connectivity index (χ1n) is 7.54. The van der Waals surface area contributed by atoms with E-state index >= 15 is 0 Å². The molecule has 0 spiro atoms. The monoisotopic (exact) mass is 357 g/mol. The van der Waals surface area contributed by atoms with Crippen molar-refractivity contribution >= 4 is 23.3 Å². The van der Waals surface area contributed by atoms with Crippen molar-refractivity contribution in [3.8, 4) is 11.6 Å². The number of nitrogens with one attached hydrogen (secondary N) is 1. The van der Waals surface area contributed by atoms with Crippen LogP contribution in [-0.2, 0) is 4.79 Å². The van der Waals surface area contributed by atoms with E-state index in [-0.39, 0.29) is 12.5 Å². The molecule has 128 valence electrons. The van der Waals surface area contributed by atoms with E-state index in [1.165, 1.54) is 6.33 Å². The summed E-state index contributed by atoms with van der Waals surface area (Å²) < 4.78 is 7.10. The van der Waals surface area contributed by atoms with Gasteiger partial charge < -0.3 is 10.1 Å². The maximum atomic E-state index is 12.1. The van der Waals surface area contributed by atoms with Crippen molar-refractivity contribution in [1.29, 1.82) is 0 Å². The fraction of sp³-hybridized carbons (Fsp3) is 0.176. The van der Waals surface area contributed by atoms with Crippen LogP contribution in [0.4, 0.5) is 5.82 Å². The highest BCUT2D eigenvalue weighted by molar-refractivity contribution is 6.32. The van der Waals surface area contributed by atoms with Crippen LogP contribution in [0.3, 0.4) is 0 Å². The minimum atomic E-state index is -0.324. The van der Waals surface area contributed by atoms with Crippen LogP contribution in [0.25, 0.3) is 5.82 Å². The van der Waals surface area contributed by atoms with E-state index in [9.17, 15) is 4.79 Å². The number of aryl methyl sites for hydroxylation is 2. The Balaban J connectivity index is 1.62. The summed E-state index contributed by atoms with van der Waals surface area (Å²) in [5, 5.41) is 7.46. The van der Waals surface area contributed by atoms with Gasteiger partial charge in [0.25, 0.3) is 5.91 Å². The van der Waals surface area contributed by atoms with Gasteiger partial charge in [0, 0.05) is 23.5 Å². The lowest BCUT2D eigenvalue weighted by Crippen LogP contribution is -2.21. The highest BCUT2D eigenvalue weighted by Crippen LogP contribution is 2.25. The van der Waals surface area contributed by atoms with E-state index in [2.05, 4.69) is 20.4 Å². The van der Waals surface area contributed by atoms with Gasteiger partial charge in [-0.3, -0.25) is 4.79 Å². The van der Waals surface area contributed by atoms with Crippen molar-refractivity contribution in [3.63, 3.8) is 0 Å². The molecular weight excluding hydrogens is 342 g/mol. The zero-order chi connectivity index (χ0) is 17.8. The first-order valence-corrected chi connectivity index (χ1v) is 7.92. The van der Waals surface area contributed by atoms with Crippen molar-refractivity contribution in [1.82, 2.24) is 19.7 Å². The van der Waals surface area contributed by atoms with Gasteiger partial charge >= 0.3 is 0 Å². The Morgan fingerprint density at radius 3 is 2.68 bits per heavy atom. The maximum Gasteiger partial charge on any atom is 0.263 e. The zero-order valence-electron chi connectivity index (χ0n) is 13.7. The largest absolute Gasteiger partial charge is 0.484 e. The molecule has 1 aromatic carbocycles. The molecule has 1 N–H and O–H groups in total. The SMILES string of the molecule is Cc1cc(OCC(=O)Nc2cc(-n3cccn3)ncn2)cc(C)c1Cl. The fourth-order valence-corrected chi connectivity index (χ4v) is 2.37. The predicted octanol–water partition coefficient (Wildman–Crippen LogP) is 2.95. The molecule has 0 atom stereocenters. The molecule has 2 heterocycles. The van der Waals surface area contributed by atoms with Crippen LogP contribution in [0.2, 0.25) is 5.02 Å². The van der Waals surface area contributed by atoms with E-state index in [1.807, 2.05) is 13.8 Å². The Bertz CT molecular complexity index is 873. The van der Waals surface area contributed by atoms with Crippen molar-refractivity contribution in [2.45, 2.75) is 13.8 Å². The summed E-state index contributed by atoms with van der Waals surface area (Å²) >= 11 is 6.12. The standard InChI is InChI=1S/C17H16ClN5O2/c1-11-6-13(7-12(2)17(11)18)25-9-16(24)22-14-8-15(20-10-19-14)23-5-3-4-21-23/h3-8,10H,9H2,1-2H3,(H,19,20,22,24). The first kappa shape index (κ1) is 16.9. The van der Waals surface area contributed by atoms with Crippen LogP contribution >= 0.6 is 11.6 Å². The highest BCUT2D eigenvalue weighted by Gasteiger charge is 2.09. The second-order valence-electron chi connectivity index (χ2n) is 5.42. The van der Waals surface area contributed by atoms with Gasteiger partial charge in [-0.25, -0.2) is 14.6 Å². The van der Waals surface area contributed by atoms with Crippen molar-refractivity contribution in [3.05, 3.63) is 59.1 Å². The number of hydrogen-bond donors (Lipinski definition) is 1. The summed E-state index contributed by atoms with van der Waals surface area (Å²) in [4.78, 5) is 20.2. The number of benzene rings is 1. The molecule has 0 fully saturated rings. The molecule has 25 heavy (non-hydrogen) atoms. The number of ether oxygens (including phenoxy) is 1. The number of hydrogen-bond acceptors (Lipinski definition) is 5. The first-order chi connectivity index (χ1) is 12.0. The number of anilines is 1. The van der Waals surface area contributed by atoms with Gasteiger partial charge in [0.15, 0.2) is 12.4 Å². The molecule has 0 saturated heterocycles. The molecule has 0 aliphatic heterocycles. The molecular formula is C17H16ClN5O2. The van der Waals surface area contributed by atoms with E-state index < -0.39 is 0 Å². The number of halogens is 1. The van der Waals surface area contributed by atoms with Gasteiger partial charge in [-0.1, -0.05) is 11.6 Å². The molecule has 2 aromatic heterocycles. The van der Waals surface area contributed by atoms with Crippen molar-refractivity contribution in [2.75, 3.05) is 11.9 Å². The Hall–Kier alpha value is -2.93. The molecule has 0 radical (unpaired) electrons. The normalized spacial score (nSPS) is 10.5. The molecule has 0 aliphatic rings. The quantitative estimate of drug-likeness (QED) is 0.759. The lowest BCUT2D eigenvalue weighted by molar-refractivity contribution is -0.118. The lowest BCUT2D eigenvalue weighted by Gasteiger charge is -2.10. The summed E-state index contributed by atoms with van der Waals surface area (Å²) in [7, 11) is 0. The van der Waals surface area contributed by atoms with Crippen LogP contribution in [0.5, 0.6) is 5.75 Å². The van der Waals surface area contributed by atoms with E-state index in [0.29, 0.717) is 22.4 Å². The Labute approximate surface area is 149 Å². The van der Waals surface area contributed by atoms with E-state index in [4.69, 9.17) is 16.3 Å². The molecule has 7 nitrogen and oxygen atoms in total. The fourth-order valence-electron chi connectivity index (χ4n) is 2.26. The summed E-state index contributed by atoms with van der Waals surface area (Å²) in [6.45, 7) is 3.64. The minimum Gasteiger partial charge on any atom is -0.484 e. The Morgan fingerprint density at radius 2 is 2.00 bits per heavy atom. The van der Waals surface area contributed by atoms with E-state index in [0.717, 1.165) is 11.1 Å². The van der Waals surface area contributed by atoms with Gasteiger partial charge in [0.05, 0.1) is 0 Å². The molecule has 0 saturated carbocycles. The number of carbonyl (C=O) groups is 1. The number of nitrogens with zero attached hydrogens (tertiary/aromatic N) is 4. The third kappa shape index (κ3) is 4.13. The summed E-state index contributed by atoms with van der Waals surface area (Å²) in [6.07, 6.45) is 4.76. The molecule has 1 amide bonds. The van der Waals surface area contributed by atoms with Gasteiger partial charge in [-0.2, -0.15) is 5.10 Å². The van der Waals surface area contributed by atoms with Gasteiger partial charge in [-0.15, -0.1) is 0 Å². The second-order valence-corrected chi connectivity index (χ2v) is 5.80. The van der Waals surface area contributed by atoms with Crippen molar-refractivity contribution < 1.29 is 9.53 Å². The predicted molar refractivity (Wildman–Crippen MR) is 94.2 cm³/mol. The molecule has 8 heteroatoms. The summed E-state index contributed by atoms with van der Waals surface area (Å²) in [6, 6.07) is 7.00. The zero-order valence-corrected chi connectivity index (χ0v) is 14.5. The topological polar surface area (TPSA) is 81.9 Å². The smallest absolute Gasteiger partial charge is 0.263 e. The molecule has 3 rings (SSSR count). The van der Waals surface area contributed by atoms with Gasteiger partial charge in [0.2, 0.25) is 0 Å². The Morgan fingerprint density at radius 1 is 1.24 bits per heavy atom. The number of rotatable bonds is 5. The number of amides is 1. The minimum absolute atomic E-state index is 0.137. The van der Waals surface area contributed by atoms with E-state index in [1.54, 1.807) is 41.3 Å². The van der Waals surface area contributed by atoms with Crippen molar-refractivity contribution in [2.24, 2.45) is 0 Å². The molecule has 0 bridgehead atoms. The molecule has 3 aromatic rings. The van der Waals surface area contributed by atoms with Gasteiger partial charge in [-0.05, 0) is 43.2 Å². The van der Waals surface area contributed by atoms with Crippen LogP contribution in [0.1, 0.15) is 11.1 Å². The third-order valence-corrected chi connectivity index (χ3v) is 4.04. The number of carbonyl (C=O) groups excluding carboxylic acids is 1. The third-order valence-electron chi connectivity index (χ3n) is 3.44. The number of aromatic nitrogens is 4. The molecule has 0 aliphatic carbocycles. The average molecular weight is 358 g/mol. The maximum absolute atomic E-state index is 12.1. The van der Waals surface area contributed by atoms with Crippen LogP contribution in [-0.4, -0.2) is 32.3 Å². The Kier molecular flexibility index (Phi) is 4.95. The van der Waals surface area contributed by atoms with Gasteiger partial charge in [0.1, 0.15) is 17.9 Å². The van der Waals surface area contributed by atoms with Crippen LogP contribution in [0, 0.1) is 13.8 Å². The molecule has 0 unspecified atom stereocenters. The second kappa shape index (κ2) is 7.31. The lowest BCUT2D eigenvalue weighted by atomic mass is 10.1. The van der Waals surface area contributed by atoms with Crippen LogP contribution in [0.15, 0.2) is 43.0 Å². The summed E-state index contributed by atoms with van der Waals surface area (Å²) in [5.74, 6) is 1.20. The summed E-state index contributed by atoms with van der Waals surface area (Å²) in [5.41, 5.74) is 1.80. The average Bonchev–Trinajstić information content (AvgIpc) is 3.12. The highest BCUT2D eigenvalue weighted by atomic mass is 35.5.